The molecule has 0 aliphatic heterocycles. The van der Waals surface area contributed by atoms with Gasteiger partial charge in [0.15, 0.2) is 12.4 Å². The number of carbonyl (C=O) groups excluding carboxylic acids is 3. The molecule has 0 aromatic carbocycles. The Bertz CT molecular complexity index is 1600. The molecular weight excluding hydrogens is 1010 g/mol. The number of hydrogen-bond donors (Lipinski definition) is 0. The average Bonchev–Trinajstić information content (AvgIpc) is 3.44. The van der Waals surface area contributed by atoms with Crippen LogP contribution in [0.3, 0.4) is 0 Å². The Kier molecular flexibility index (Phi) is 59.8. The molecule has 0 rings (SSSR count). The zero-order chi connectivity index (χ0) is 59.1. The van der Waals surface area contributed by atoms with Crippen LogP contribution in [0.25, 0.3) is 0 Å². The van der Waals surface area contributed by atoms with Gasteiger partial charge in [-0.2, -0.15) is 0 Å². The van der Waals surface area contributed by atoms with E-state index in [4.69, 9.17) is 18.9 Å². The number of aliphatic carboxylic acids is 1. The van der Waals surface area contributed by atoms with Crippen LogP contribution in [-0.2, 0) is 33.3 Å². The predicted molar refractivity (Wildman–Crippen MR) is 343 cm³/mol. The first-order valence-corrected chi connectivity index (χ1v) is 33.7. The summed E-state index contributed by atoms with van der Waals surface area (Å²) in [6.45, 7) is 4.65. The number of carboxylic acid groups (broad SMARTS) is 1. The van der Waals surface area contributed by atoms with Gasteiger partial charge in [-0.1, -0.05) is 279 Å². The van der Waals surface area contributed by atoms with E-state index >= 15 is 0 Å². The standard InChI is InChI=1S/C72H127NO8/c1-6-8-10-12-14-16-18-20-22-24-26-28-30-32-34-35-37-38-40-42-44-46-48-50-52-54-56-58-60-62-69(74)79-66-68(67-80-72(71(76)77)78-65-64-73(3,4)5)81-70(75)63-61-59-57-55-53-51-49-47-45-43-41-39-36-33-31-29-27-25-23-21-19-17-15-13-11-9-7-2/h9,11,15,17-18,20-21,23-24,26-27,29-30,32,68,72H,6-8,10,12-14,16,19,22,25,28,31,33-67H2,1-5H3/b11-9-,17-15-,20-18-,23-21-,26-24-,29-27-,32-30-. The summed E-state index contributed by atoms with van der Waals surface area (Å²) in [6.07, 6.45) is 80.8. The molecule has 0 heterocycles. The van der Waals surface area contributed by atoms with E-state index in [9.17, 15) is 19.5 Å². The molecule has 2 atom stereocenters. The summed E-state index contributed by atoms with van der Waals surface area (Å²) < 4.78 is 22.8. The summed E-state index contributed by atoms with van der Waals surface area (Å²) in [5, 5.41) is 11.8. The van der Waals surface area contributed by atoms with Crippen molar-refractivity contribution in [1.82, 2.24) is 0 Å². The summed E-state index contributed by atoms with van der Waals surface area (Å²) in [7, 11) is 5.93. The number of carbonyl (C=O) groups is 3. The van der Waals surface area contributed by atoms with Gasteiger partial charge in [-0.05, 0) is 89.9 Å². The number of carboxylic acids is 1. The van der Waals surface area contributed by atoms with Crippen molar-refractivity contribution >= 4 is 17.9 Å². The quantitative estimate of drug-likeness (QED) is 0.0195. The van der Waals surface area contributed by atoms with Crippen molar-refractivity contribution in [3.05, 3.63) is 85.1 Å². The van der Waals surface area contributed by atoms with Crippen LogP contribution in [0, 0.1) is 0 Å². The Balaban J connectivity index is 4.14. The van der Waals surface area contributed by atoms with Gasteiger partial charge in [0, 0.05) is 12.8 Å². The summed E-state index contributed by atoms with van der Waals surface area (Å²) in [6, 6.07) is 0. The second-order valence-electron chi connectivity index (χ2n) is 23.7. The molecule has 9 heteroatoms. The van der Waals surface area contributed by atoms with Crippen molar-refractivity contribution in [1.29, 1.82) is 0 Å². The molecule has 468 valence electrons. The second-order valence-corrected chi connectivity index (χ2v) is 23.7. The van der Waals surface area contributed by atoms with Crippen LogP contribution in [0.2, 0.25) is 0 Å². The number of esters is 2. The van der Waals surface area contributed by atoms with Gasteiger partial charge in [-0.25, -0.2) is 0 Å². The fourth-order valence-electron chi connectivity index (χ4n) is 9.48. The maximum absolute atomic E-state index is 12.9. The van der Waals surface area contributed by atoms with Crippen molar-refractivity contribution in [2.24, 2.45) is 0 Å². The van der Waals surface area contributed by atoms with Crippen molar-refractivity contribution in [2.75, 3.05) is 47.5 Å². The van der Waals surface area contributed by atoms with Crippen molar-refractivity contribution in [3.8, 4) is 0 Å². The van der Waals surface area contributed by atoms with E-state index in [-0.39, 0.29) is 38.6 Å². The largest absolute Gasteiger partial charge is 0.545 e. The molecule has 0 saturated heterocycles. The molecule has 0 amide bonds. The first-order chi connectivity index (χ1) is 39.6. The van der Waals surface area contributed by atoms with Gasteiger partial charge in [-0.3, -0.25) is 9.59 Å². The molecule has 0 aromatic rings. The smallest absolute Gasteiger partial charge is 0.306 e. The van der Waals surface area contributed by atoms with Crippen molar-refractivity contribution < 1.29 is 42.9 Å². The summed E-state index contributed by atoms with van der Waals surface area (Å²) >= 11 is 0. The van der Waals surface area contributed by atoms with Gasteiger partial charge in [0.1, 0.15) is 13.2 Å². The molecular formula is C72H127NO8. The molecule has 0 radical (unpaired) electrons. The topological polar surface area (TPSA) is 111 Å². The van der Waals surface area contributed by atoms with Gasteiger partial charge in [0.25, 0.3) is 0 Å². The molecule has 0 spiro atoms. The molecule has 9 nitrogen and oxygen atoms in total. The zero-order valence-corrected chi connectivity index (χ0v) is 53.4. The number of unbranched alkanes of at least 4 members (excludes halogenated alkanes) is 33. The minimum Gasteiger partial charge on any atom is -0.545 e. The highest BCUT2D eigenvalue weighted by Crippen LogP contribution is 2.17. The van der Waals surface area contributed by atoms with Gasteiger partial charge < -0.3 is 33.3 Å². The first-order valence-electron chi connectivity index (χ1n) is 33.7. The van der Waals surface area contributed by atoms with Crippen LogP contribution in [0.5, 0.6) is 0 Å². The lowest BCUT2D eigenvalue weighted by Crippen LogP contribution is -2.44. The van der Waals surface area contributed by atoms with E-state index in [0.717, 1.165) is 77.0 Å². The minimum absolute atomic E-state index is 0.146. The third-order valence-corrected chi connectivity index (χ3v) is 14.6. The number of rotatable bonds is 62. The third kappa shape index (κ3) is 63.9. The fourth-order valence-corrected chi connectivity index (χ4v) is 9.48. The lowest BCUT2D eigenvalue weighted by atomic mass is 10.0. The maximum Gasteiger partial charge on any atom is 0.306 e. The van der Waals surface area contributed by atoms with Gasteiger partial charge in [-0.15, -0.1) is 0 Å². The van der Waals surface area contributed by atoms with Crippen LogP contribution in [-0.4, -0.2) is 82.3 Å². The van der Waals surface area contributed by atoms with E-state index < -0.39 is 24.3 Å². The Morgan fingerprint density at radius 1 is 0.383 bits per heavy atom. The lowest BCUT2D eigenvalue weighted by molar-refractivity contribution is -0.870. The molecule has 0 aliphatic carbocycles. The molecule has 0 saturated carbocycles. The highest BCUT2D eigenvalue weighted by molar-refractivity contribution is 5.70. The molecule has 0 N–H and O–H groups in total. The molecule has 0 aromatic heterocycles. The fraction of sp³-hybridized carbons (Fsp3) is 0.764. The van der Waals surface area contributed by atoms with Crippen molar-refractivity contribution in [3.63, 3.8) is 0 Å². The predicted octanol–water partition coefficient (Wildman–Crippen LogP) is 19.4. The van der Waals surface area contributed by atoms with Gasteiger partial charge >= 0.3 is 11.9 Å². The van der Waals surface area contributed by atoms with Crippen LogP contribution in [0.1, 0.15) is 296 Å². The van der Waals surface area contributed by atoms with Crippen molar-refractivity contribution in [2.45, 2.75) is 309 Å². The monoisotopic (exact) mass is 1130 g/mol. The summed E-state index contributed by atoms with van der Waals surface area (Å²) in [5.74, 6) is -2.28. The van der Waals surface area contributed by atoms with Gasteiger partial charge in [0.05, 0.1) is 40.3 Å². The highest BCUT2D eigenvalue weighted by Gasteiger charge is 2.22. The summed E-state index contributed by atoms with van der Waals surface area (Å²) in [4.78, 5) is 37.5. The zero-order valence-electron chi connectivity index (χ0n) is 53.4. The normalized spacial score (nSPS) is 13.2. The Labute approximate surface area is 500 Å². The number of allylic oxidation sites excluding steroid dienone is 14. The van der Waals surface area contributed by atoms with E-state index in [2.05, 4.69) is 98.9 Å². The third-order valence-electron chi connectivity index (χ3n) is 14.6. The highest BCUT2D eigenvalue weighted by atomic mass is 16.7. The number of likely N-dealkylation sites (N-methyl/N-ethyl adjacent to an activating group) is 1. The second kappa shape index (κ2) is 62.5. The Morgan fingerprint density at radius 3 is 1.05 bits per heavy atom. The minimum atomic E-state index is -1.62. The maximum atomic E-state index is 12.9. The van der Waals surface area contributed by atoms with E-state index in [0.29, 0.717) is 17.4 Å². The molecule has 0 bridgehead atoms. The van der Waals surface area contributed by atoms with Crippen LogP contribution in [0.4, 0.5) is 0 Å². The lowest BCUT2D eigenvalue weighted by Gasteiger charge is -2.26. The number of ether oxygens (including phenoxy) is 4. The number of hydrogen-bond acceptors (Lipinski definition) is 8. The van der Waals surface area contributed by atoms with E-state index in [1.807, 2.05) is 21.1 Å². The number of quaternary nitrogens is 1. The van der Waals surface area contributed by atoms with E-state index in [1.54, 1.807) is 0 Å². The molecule has 81 heavy (non-hydrogen) atoms. The van der Waals surface area contributed by atoms with E-state index in [1.165, 1.54) is 186 Å². The molecule has 2 unspecified atom stereocenters. The van der Waals surface area contributed by atoms with Crippen LogP contribution in [0.15, 0.2) is 85.1 Å². The van der Waals surface area contributed by atoms with Crippen LogP contribution >= 0.6 is 0 Å². The Hall–Kier alpha value is -3.53. The number of nitrogens with zero attached hydrogens (tertiary/aromatic N) is 1. The average molecular weight is 1130 g/mol. The summed E-state index contributed by atoms with van der Waals surface area (Å²) in [5.41, 5.74) is 0. The first kappa shape index (κ1) is 77.5. The molecule has 0 fully saturated rings. The molecule has 0 aliphatic rings. The van der Waals surface area contributed by atoms with Crippen LogP contribution < -0.4 is 5.11 Å². The Morgan fingerprint density at radius 2 is 0.704 bits per heavy atom. The van der Waals surface area contributed by atoms with Gasteiger partial charge in [0.2, 0.25) is 0 Å². The SMILES string of the molecule is CC/C=C\C/C=C\C/C=C\C/C=C\CCCCCCCCCCCCCCCCC(=O)OC(COC(=O)CCCCCCCCCCCCCCCC/C=C\C/C=C\C/C=C\CCCCCCC)COC(OCC[N+](C)(C)C)C(=O)[O-].